The molecule has 0 saturated heterocycles. The molecule has 102 valence electrons. The summed E-state index contributed by atoms with van der Waals surface area (Å²) >= 11 is 1.81. The van der Waals surface area contributed by atoms with Gasteiger partial charge in [0.2, 0.25) is 0 Å². The lowest BCUT2D eigenvalue weighted by Gasteiger charge is -2.13. The molecule has 0 bridgehead atoms. The van der Waals surface area contributed by atoms with E-state index in [4.69, 9.17) is 4.74 Å². The zero-order valence-electron chi connectivity index (χ0n) is 10.6. The highest BCUT2D eigenvalue weighted by Gasteiger charge is 2.04. The number of aliphatic hydroxyl groups excluding tert-OH is 1. The van der Waals surface area contributed by atoms with Crippen LogP contribution < -0.4 is 10.1 Å². The summed E-state index contributed by atoms with van der Waals surface area (Å²) in [4.78, 5) is 0. The number of aliphatic hydroxyl groups is 1. The molecule has 1 atom stereocenters. The topological polar surface area (TPSA) is 41.5 Å². The van der Waals surface area contributed by atoms with Crippen molar-refractivity contribution in [2.45, 2.75) is 12.5 Å². The number of hydrogen-bond donors (Lipinski definition) is 2. The van der Waals surface area contributed by atoms with Crippen LogP contribution in [0.4, 0.5) is 4.39 Å². The largest absolute Gasteiger partial charge is 0.491 e. The molecule has 1 aromatic carbocycles. The Bertz CT molecular complexity index is 321. The van der Waals surface area contributed by atoms with Crippen molar-refractivity contribution in [2.24, 2.45) is 0 Å². The van der Waals surface area contributed by atoms with Gasteiger partial charge in [0, 0.05) is 6.54 Å². The Kier molecular flexibility index (Phi) is 7.80. The van der Waals surface area contributed by atoms with E-state index in [0.29, 0.717) is 12.3 Å². The molecule has 1 aromatic rings. The molecule has 2 N–H and O–H groups in total. The number of rotatable bonds is 9. The maximum Gasteiger partial charge on any atom is 0.123 e. The molecular weight excluding hydrogens is 253 g/mol. The van der Waals surface area contributed by atoms with Gasteiger partial charge in [-0.25, -0.2) is 4.39 Å². The lowest BCUT2D eigenvalue weighted by Crippen LogP contribution is -2.32. The van der Waals surface area contributed by atoms with Crippen molar-refractivity contribution in [3.8, 4) is 5.75 Å². The molecule has 0 aliphatic heterocycles. The van der Waals surface area contributed by atoms with Crippen LogP contribution in [-0.4, -0.2) is 42.9 Å². The van der Waals surface area contributed by atoms with Gasteiger partial charge in [0.05, 0.1) is 0 Å². The van der Waals surface area contributed by atoms with Gasteiger partial charge in [-0.1, -0.05) is 0 Å². The molecule has 3 nitrogen and oxygen atoms in total. The predicted molar refractivity (Wildman–Crippen MR) is 73.8 cm³/mol. The molecule has 0 saturated carbocycles. The van der Waals surface area contributed by atoms with E-state index < -0.39 is 6.10 Å². The van der Waals surface area contributed by atoms with E-state index in [9.17, 15) is 9.50 Å². The van der Waals surface area contributed by atoms with E-state index in [1.807, 2.05) is 11.8 Å². The number of benzene rings is 1. The van der Waals surface area contributed by atoms with E-state index in [2.05, 4.69) is 11.6 Å². The molecule has 18 heavy (non-hydrogen) atoms. The van der Waals surface area contributed by atoms with Crippen molar-refractivity contribution in [2.75, 3.05) is 31.7 Å². The summed E-state index contributed by atoms with van der Waals surface area (Å²) in [5.74, 6) is 1.39. The van der Waals surface area contributed by atoms with Crippen LogP contribution in [0.25, 0.3) is 0 Å². The number of nitrogens with one attached hydrogen (secondary N) is 1. The van der Waals surface area contributed by atoms with Gasteiger partial charge >= 0.3 is 0 Å². The number of ether oxygens (including phenoxy) is 1. The zero-order valence-corrected chi connectivity index (χ0v) is 11.4. The predicted octanol–water partition coefficient (Wildman–Crippen LogP) is 1.91. The first-order chi connectivity index (χ1) is 8.72. The third-order valence-corrected chi connectivity index (χ3v) is 3.03. The minimum absolute atomic E-state index is 0.209. The molecule has 0 aliphatic rings. The van der Waals surface area contributed by atoms with E-state index in [-0.39, 0.29) is 12.4 Å². The van der Waals surface area contributed by atoms with Gasteiger partial charge in [-0.05, 0) is 49.2 Å². The first-order valence-corrected chi connectivity index (χ1v) is 7.38. The van der Waals surface area contributed by atoms with Crippen LogP contribution in [0.15, 0.2) is 24.3 Å². The lowest BCUT2D eigenvalue weighted by molar-refractivity contribution is 0.106. The Morgan fingerprint density at radius 1 is 1.39 bits per heavy atom. The van der Waals surface area contributed by atoms with Gasteiger partial charge in [-0.2, -0.15) is 11.8 Å². The molecule has 0 amide bonds. The third-order valence-electron chi connectivity index (χ3n) is 2.34. The average Bonchev–Trinajstić information content (AvgIpc) is 2.38. The second-order valence-electron chi connectivity index (χ2n) is 3.97. The van der Waals surface area contributed by atoms with Gasteiger partial charge < -0.3 is 15.2 Å². The van der Waals surface area contributed by atoms with Crippen molar-refractivity contribution >= 4 is 11.8 Å². The second-order valence-corrected chi connectivity index (χ2v) is 4.95. The summed E-state index contributed by atoms with van der Waals surface area (Å²) in [6, 6.07) is 5.77. The molecule has 0 fully saturated rings. The average molecular weight is 273 g/mol. The molecule has 0 spiro atoms. The Morgan fingerprint density at radius 3 is 2.78 bits per heavy atom. The molecule has 0 aromatic heterocycles. The van der Waals surface area contributed by atoms with Crippen LogP contribution in [0.5, 0.6) is 5.75 Å². The second kappa shape index (κ2) is 9.19. The Labute approximate surface area is 112 Å². The molecule has 0 radical (unpaired) electrons. The van der Waals surface area contributed by atoms with Crippen LogP contribution in [0.2, 0.25) is 0 Å². The van der Waals surface area contributed by atoms with Crippen molar-refractivity contribution < 1.29 is 14.2 Å². The van der Waals surface area contributed by atoms with Crippen molar-refractivity contribution in [1.82, 2.24) is 5.32 Å². The Hall–Kier alpha value is -0.780. The smallest absolute Gasteiger partial charge is 0.123 e. The summed E-state index contributed by atoms with van der Waals surface area (Å²) in [5, 5.41) is 12.8. The molecule has 1 unspecified atom stereocenters. The summed E-state index contributed by atoms with van der Waals surface area (Å²) in [6.45, 7) is 1.62. The van der Waals surface area contributed by atoms with Crippen LogP contribution in [0.1, 0.15) is 6.42 Å². The minimum atomic E-state index is -0.552. The van der Waals surface area contributed by atoms with E-state index in [0.717, 1.165) is 18.7 Å². The first kappa shape index (κ1) is 15.3. The summed E-state index contributed by atoms with van der Waals surface area (Å²) in [5.41, 5.74) is 0. The molecule has 0 heterocycles. The summed E-state index contributed by atoms with van der Waals surface area (Å²) in [6.07, 6.45) is 2.61. The van der Waals surface area contributed by atoms with E-state index in [1.165, 1.54) is 12.1 Å². The maximum absolute atomic E-state index is 12.6. The molecule has 5 heteroatoms. The van der Waals surface area contributed by atoms with Crippen LogP contribution in [-0.2, 0) is 0 Å². The van der Waals surface area contributed by atoms with Crippen LogP contribution >= 0.6 is 11.8 Å². The van der Waals surface area contributed by atoms with Gasteiger partial charge in [0.15, 0.2) is 0 Å². The van der Waals surface area contributed by atoms with Gasteiger partial charge in [0.25, 0.3) is 0 Å². The SMILES string of the molecule is CSCCCNCC(O)COc1ccc(F)cc1. The maximum atomic E-state index is 12.6. The standard InChI is InChI=1S/C13H20FNO2S/c1-18-8-2-7-15-9-12(16)10-17-13-5-3-11(14)4-6-13/h3-6,12,15-16H,2,7-10H2,1H3. The Morgan fingerprint density at radius 2 is 2.11 bits per heavy atom. The summed E-state index contributed by atoms with van der Waals surface area (Å²) in [7, 11) is 0. The number of hydrogen-bond acceptors (Lipinski definition) is 4. The fourth-order valence-electron chi connectivity index (χ4n) is 1.39. The monoisotopic (exact) mass is 273 g/mol. The van der Waals surface area contributed by atoms with Gasteiger partial charge in [0.1, 0.15) is 24.3 Å². The molecule has 0 aliphatic carbocycles. The zero-order chi connectivity index (χ0) is 13.2. The summed E-state index contributed by atoms with van der Waals surface area (Å²) < 4.78 is 18.0. The fourth-order valence-corrected chi connectivity index (χ4v) is 1.83. The van der Waals surface area contributed by atoms with Gasteiger partial charge in [-0.15, -0.1) is 0 Å². The van der Waals surface area contributed by atoms with Crippen molar-refractivity contribution in [3.05, 3.63) is 30.1 Å². The van der Waals surface area contributed by atoms with E-state index in [1.54, 1.807) is 12.1 Å². The van der Waals surface area contributed by atoms with Crippen molar-refractivity contribution in [3.63, 3.8) is 0 Å². The Balaban J connectivity index is 2.09. The number of halogens is 1. The lowest BCUT2D eigenvalue weighted by atomic mass is 10.3. The highest BCUT2D eigenvalue weighted by Crippen LogP contribution is 2.11. The van der Waals surface area contributed by atoms with Crippen LogP contribution in [0, 0.1) is 5.82 Å². The van der Waals surface area contributed by atoms with Gasteiger partial charge in [-0.3, -0.25) is 0 Å². The van der Waals surface area contributed by atoms with Crippen LogP contribution in [0.3, 0.4) is 0 Å². The quantitative estimate of drug-likeness (QED) is 0.674. The third kappa shape index (κ3) is 6.83. The van der Waals surface area contributed by atoms with E-state index >= 15 is 0 Å². The molecular formula is C13H20FNO2S. The molecule has 1 rings (SSSR count). The highest BCUT2D eigenvalue weighted by molar-refractivity contribution is 7.98. The highest BCUT2D eigenvalue weighted by atomic mass is 32.2. The minimum Gasteiger partial charge on any atom is -0.491 e. The number of thioether (sulfide) groups is 1. The fraction of sp³-hybridized carbons (Fsp3) is 0.538. The first-order valence-electron chi connectivity index (χ1n) is 5.98. The van der Waals surface area contributed by atoms with Crippen molar-refractivity contribution in [1.29, 1.82) is 0 Å². The normalized spacial score (nSPS) is 12.4.